The summed E-state index contributed by atoms with van der Waals surface area (Å²) in [7, 11) is 3.10. The minimum absolute atomic E-state index is 0.355. The number of rotatable bonds is 7. The summed E-state index contributed by atoms with van der Waals surface area (Å²) in [5, 5.41) is 0. The van der Waals surface area contributed by atoms with Crippen LogP contribution in [0.4, 0.5) is 0 Å². The van der Waals surface area contributed by atoms with Crippen molar-refractivity contribution in [2.24, 2.45) is 14.1 Å². The number of terminal acetylenes is 1. The average molecular weight is 380 g/mol. The molecule has 3 rings (SSSR count). The highest BCUT2D eigenvalue weighted by molar-refractivity contribution is 5.71. The summed E-state index contributed by atoms with van der Waals surface area (Å²) in [5.41, 5.74) is 1.84. The highest BCUT2D eigenvalue weighted by Crippen LogP contribution is 2.15. The van der Waals surface area contributed by atoms with Gasteiger partial charge in [0.1, 0.15) is 5.82 Å². The fourth-order valence-electron chi connectivity index (χ4n) is 3.15. The van der Waals surface area contributed by atoms with Gasteiger partial charge in [-0.25, -0.2) is 9.78 Å². The maximum atomic E-state index is 12.8. The molecule has 0 amide bonds. The molecule has 0 unspecified atom stereocenters. The molecular formula is C21H24N4O3. The Hall–Kier alpha value is -3.11. The zero-order chi connectivity index (χ0) is 20.3. The quantitative estimate of drug-likeness (QED) is 0.459. The van der Waals surface area contributed by atoms with E-state index < -0.39 is 5.69 Å². The van der Waals surface area contributed by atoms with Crippen LogP contribution in [0.3, 0.4) is 0 Å². The van der Waals surface area contributed by atoms with Crippen molar-refractivity contribution >= 4 is 11.2 Å². The van der Waals surface area contributed by atoms with E-state index in [0.717, 1.165) is 22.1 Å². The summed E-state index contributed by atoms with van der Waals surface area (Å²) in [5.74, 6) is 3.31. The van der Waals surface area contributed by atoms with Gasteiger partial charge >= 0.3 is 5.69 Å². The molecule has 0 spiro atoms. The van der Waals surface area contributed by atoms with Crippen LogP contribution in [0, 0.1) is 12.3 Å². The van der Waals surface area contributed by atoms with Gasteiger partial charge in [0.15, 0.2) is 11.2 Å². The Kier molecular flexibility index (Phi) is 5.81. The molecule has 0 radical (unpaired) electrons. The topological polar surface area (TPSA) is 71.1 Å². The summed E-state index contributed by atoms with van der Waals surface area (Å²) in [6, 6.07) is 7.61. The van der Waals surface area contributed by atoms with E-state index in [-0.39, 0.29) is 5.56 Å². The fourth-order valence-corrected chi connectivity index (χ4v) is 3.15. The number of aromatic nitrogens is 4. The molecule has 0 aliphatic rings. The van der Waals surface area contributed by atoms with Crippen LogP contribution >= 0.6 is 0 Å². The van der Waals surface area contributed by atoms with Gasteiger partial charge in [-0.1, -0.05) is 25.0 Å². The standard InChI is InChI=1S/C21H24N4O3/c1-5-12-28-13-11-17-22-19-18(20(26)24(4)21(27)23(19)3)25(17)14-16-9-7-15(6-2)8-10-16/h2,7-10H,5,11-14H2,1,3-4H3. The lowest BCUT2D eigenvalue weighted by Crippen LogP contribution is -2.37. The summed E-state index contributed by atoms with van der Waals surface area (Å²) in [6.45, 7) is 3.68. The van der Waals surface area contributed by atoms with Crippen molar-refractivity contribution in [1.29, 1.82) is 0 Å². The maximum Gasteiger partial charge on any atom is 0.332 e. The van der Waals surface area contributed by atoms with Crippen molar-refractivity contribution in [3.8, 4) is 12.3 Å². The summed E-state index contributed by atoms with van der Waals surface area (Å²) in [4.78, 5) is 29.7. The molecule has 3 aromatic rings. The van der Waals surface area contributed by atoms with E-state index in [4.69, 9.17) is 11.2 Å². The molecule has 0 aliphatic carbocycles. The van der Waals surface area contributed by atoms with Crippen molar-refractivity contribution < 1.29 is 4.74 Å². The van der Waals surface area contributed by atoms with Gasteiger partial charge in [0.25, 0.3) is 5.56 Å². The fraction of sp³-hybridized carbons (Fsp3) is 0.381. The van der Waals surface area contributed by atoms with Crippen molar-refractivity contribution in [2.75, 3.05) is 13.2 Å². The van der Waals surface area contributed by atoms with Crippen LogP contribution in [0.1, 0.15) is 30.3 Å². The second-order valence-corrected chi connectivity index (χ2v) is 6.70. The van der Waals surface area contributed by atoms with E-state index in [0.29, 0.717) is 43.2 Å². The molecule has 0 saturated carbocycles. The van der Waals surface area contributed by atoms with Crippen LogP contribution in [0.5, 0.6) is 0 Å². The normalized spacial score (nSPS) is 11.1. The monoisotopic (exact) mass is 380 g/mol. The Bertz CT molecular complexity index is 1140. The lowest BCUT2D eigenvalue weighted by molar-refractivity contribution is 0.136. The van der Waals surface area contributed by atoms with E-state index in [1.165, 1.54) is 11.6 Å². The van der Waals surface area contributed by atoms with E-state index in [1.807, 2.05) is 28.8 Å². The van der Waals surface area contributed by atoms with Crippen molar-refractivity contribution in [1.82, 2.24) is 18.7 Å². The summed E-state index contributed by atoms with van der Waals surface area (Å²) in [6.07, 6.45) is 6.91. The number of benzene rings is 1. The van der Waals surface area contributed by atoms with Crippen molar-refractivity contribution in [2.45, 2.75) is 26.3 Å². The molecule has 0 bridgehead atoms. The SMILES string of the molecule is C#Cc1ccc(Cn2c(CCOCCC)nc3c2c(=O)n(C)c(=O)n3C)cc1. The van der Waals surface area contributed by atoms with Gasteiger partial charge in [-0.2, -0.15) is 0 Å². The second kappa shape index (κ2) is 8.28. The predicted octanol–water partition coefficient (Wildman–Crippen LogP) is 1.43. The number of ether oxygens (including phenoxy) is 1. The van der Waals surface area contributed by atoms with E-state index >= 15 is 0 Å². The Balaban J connectivity index is 2.11. The van der Waals surface area contributed by atoms with Crippen LogP contribution in [-0.4, -0.2) is 31.9 Å². The minimum Gasteiger partial charge on any atom is -0.381 e. The summed E-state index contributed by atoms with van der Waals surface area (Å²) >= 11 is 0. The molecule has 0 saturated heterocycles. The van der Waals surface area contributed by atoms with E-state index in [9.17, 15) is 9.59 Å². The van der Waals surface area contributed by atoms with Gasteiger partial charge in [-0.3, -0.25) is 13.9 Å². The first-order valence-corrected chi connectivity index (χ1v) is 9.26. The van der Waals surface area contributed by atoms with Crippen LogP contribution in [0.15, 0.2) is 33.9 Å². The van der Waals surface area contributed by atoms with Gasteiger partial charge in [0.05, 0.1) is 6.61 Å². The lowest BCUT2D eigenvalue weighted by Gasteiger charge is -2.10. The minimum atomic E-state index is -0.394. The number of nitrogens with zero attached hydrogens (tertiary/aromatic N) is 4. The molecule has 0 N–H and O–H groups in total. The van der Waals surface area contributed by atoms with Gasteiger partial charge in [-0.05, 0) is 24.1 Å². The van der Waals surface area contributed by atoms with Crippen molar-refractivity contribution in [3.05, 3.63) is 62.1 Å². The molecule has 7 nitrogen and oxygen atoms in total. The highest BCUT2D eigenvalue weighted by atomic mass is 16.5. The zero-order valence-corrected chi connectivity index (χ0v) is 16.4. The molecule has 28 heavy (non-hydrogen) atoms. The Morgan fingerprint density at radius 2 is 1.82 bits per heavy atom. The summed E-state index contributed by atoms with van der Waals surface area (Å²) < 4.78 is 9.99. The van der Waals surface area contributed by atoms with Crippen LogP contribution in [-0.2, 0) is 31.8 Å². The Labute approximate surface area is 163 Å². The van der Waals surface area contributed by atoms with E-state index in [2.05, 4.69) is 17.8 Å². The Morgan fingerprint density at radius 1 is 1.11 bits per heavy atom. The molecule has 1 aromatic carbocycles. The molecule has 7 heteroatoms. The molecule has 0 fully saturated rings. The largest absolute Gasteiger partial charge is 0.381 e. The van der Waals surface area contributed by atoms with Gasteiger partial charge in [-0.15, -0.1) is 6.42 Å². The number of imidazole rings is 1. The molecule has 0 atom stereocenters. The van der Waals surface area contributed by atoms with E-state index in [1.54, 1.807) is 7.05 Å². The van der Waals surface area contributed by atoms with Crippen LogP contribution in [0.2, 0.25) is 0 Å². The molecule has 0 aliphatic heterocycles. The number of hydrogen-bond acceptors (Lipinski definition) is 4. The average Bonchev–Trinajstić information content (AvgIpc) is 3.07. The first-order valence-electron chi connectivity index (χ1n) is 9.26. The number of fused-ring (bicyclic) bond motifs is 1. The van der Waals surface area contributed by atoms with Crippen LogP contribution in [0.25, 0.3) is 11.2 Å². The van der Waals surface area contributed by atoms with Crippen molar-refractivity contribution in [3.63, 3.8) is 0 Å². The number of hydrogen-bond donors (Lipinski definition) is 0. The van der Waals surface area contributed by atoms with Crippen LogP contribution < -0.4 is 11.2 Å². The highest BCUT2D eigenvalue weighted by Gasteiger charge is 2.19. The third kappa shape index (κ3) is 3.64. The third-order valence-electron chi connectivity index (χ3n) is 4.71. The second-order valence-electron chi connectivity index (χ2n) is 6.70. The zero-order valence-electron chi connectivity index (χ0n) is 16.4. The first kappa shape index (κ1) is 19.6. The molecule has 146 valence electrons. The van der Waals surface area contributed by atoms with Gasteiger partial charge in [0, 0.05) is 39.2 Å². The smallest absolute Gasteiger partial charge is 0.332 e. The molecule has 2 aromatic heterocycles. The lowest BCUT2D eigenvalue weighted by atomic mass is 10.1. The first-order chi connectivity index (χ1) is 13.5. The Morgan fingerprint density at radius 3 is 2.46 bits per heavy atom. The number of aryl methyl sites for hydroxylation is 1. The van der Waals surface area contributed by atoms with Gasteiger partial charge in [0.2, 0.25) is 0 Å². The predicted molar refractivity (Wildman–Crippen MR) is 109 cm³/mol. The molecule has 2 heterocycles. The molecular weight excluding hydrogens is 356 g/mol. The van der Waals surface area contributed by atoms with Gasteiger partial charge < -0.3 is 9.30 Å². The third-order valence-corrected chi connectivity index (χ3v) is 4.71. The maximum absolute atomic E-state index is 12.8.